The van der Waals surface area contributed by atoms with Gasteiger partial charge in [0.1, 0.15) is 17.6 Å². The van der Waals surface area contributed by atoms with Crippen molar-refractivity contribution in [2.75, 3.05) is 7.11 Å². The lowest BCUT2D eigenvalue weighted by Crippen LogP contribution is -2.17. The van der Waals surface area contributed by atoms with Gasteiger partial charge in [0.05, 0.1) is 13.5 Å². The molecule has 1 N–H and O–H groups in total. The first-order chi connectivity index (χ1) is 7.19. The molecule has 1 aliphatic heterocycles. The second-order valence-corrected chi connectivity index (χ2v) is 3.52. The summed E-state index contributed by atoms with van der Waals surface area (Å²) in [6, 6.07) is 5.55. The topological polar surface area (TPSA) is 55.8 Å². The highest BCUT2D eigenvalue weighted by atomic mass is 16.5. The van der Waals surface area contributed by atoms with Crippen molar-refractivity contribution in [2.45, 2.75) is 18.9 Å². The zero-order valence-corrected chi connectivity index (χ0v) is 8.40. The van der Waals surface area contributed by atoms with Crippen LogP contribution in [-0.2, 0) is 11.2 Å². The van der Waals surface area contributed by atoms with E-state index in [-0.39, 0.29) is 12.5 Å². The minimum Gasteiger partial charge on any atom is -0.497 e. The summed E-state index contributed by atoms with van der Waals surface area (Å²) in [6.07, 6.45) is 0.451. The molecule has 0 aliphatic carbocycles. The number of methoxy groups -OCH3 is 1. The Morgan fingerprint density at radius 1 is 1.67 bits per heavy atom. The van der Waals surface area contributed by atoms with E-state index in [1.165, 1.54) is 0 Å². The number of ether oxygens (including phenoxy) is 2. The molecular formula is C11H12O4. The molecule has 0 aromatic heterocycles. The predicted octanol–water partition coefficient (Wildman–Crippen LogP) is 1.47. The fourth-order valence-corrected chi connectivity index (χ4v) is 1.72. The molecule has 80 valence electrons. The van der Waals surface area contributed by atoms with Crippen LogP contribution < -0.4 is 9.47 Å². The second-order valence-electron chi connectivity index (χ2n) is 3.52. The van der Waals surface area contributed by atoms with Crippen LogP contribution in [-0.4, -0.2) is 24.3 Å². The Morgan fingerprint density at radius 3 is 3.13 bits per heavy atom. The van der Waals surface area contributed by atoms with Crippen LogP contribution in [0.3, 0.4) is 0 Å². The summed E-state index contributed by atoms with van der Waals surface area (Å²) in [5.41, 5.74) is 1.04. The number of carboxylic acid groups (broad SMARTS) is 1. The van der Waals surface area contributed by atoms with E-state index in [9.17, 15) is 4.79 Å². The molecular weight excluding hydrogens is 196 g/mol. The maximum atomic E-state index is 10.5. The smallest absolute Gasteiger partial charge is 0.307 e. The van der Waals surface area contributed by atoms with E-state index in [0.29, 0.717) is 6.42 Å². The van der Waals surface area contributed by atoms with Gasteiger partial charge in [0.15, 0.2) is 0 Å². The average molecular weight is 208 g/mol. The van der Waals surface area contributed by atoms with Crippen molar-refractivity contribution < 1.29 is 19.4 Å². The largest absolute Gasteiger partial charge is 0.497 e. The maximum Gasteiger partial charge on any atom is 0.307 e. The maximum absolute atomic E-state index is 10.5. The summed E-state index contributed by atoms with van der Waals surface area (Å²) in [7, 11) is 1.59. The molecule has 0 spiro atoms. The van der Waals surface area contributed by atoms with E-state index in [1.54, 1.807) is 13.2 Å². The van der Waals surface area contributed by atoms with E-state index in [2.05, 4.69) is 0 Å². The van der Waals surface area contributed by atoms with Gasteiger partial charge in [-0.25, -0.2) is 0 Å². The molecule has 1 aromatic carbocycles. The minimum atomic E-state index is -0.834. The summed E-state index contributed by atoms with van der Waals surface area (Å²) >= 11 is 0. The monoisotopic (exact) mass is 208 g/mol. The summed E-state index contributed by atoms with van der Waals surface area (Å²) in [6.45, 7) is 0. The lowest BCUT2D eigenvalue weighted by Gasteiger charge is -2.07. The molecule has 1 aromatic rings. The molecule has 1 atom stereocenters. The molecule has 15 heavy (non-hydrogen) atoms. The lowest BCUT2D eigenvalue weighted by molar-refractivity contribution is -0.138. The number of fused-ring (bicyclic) bond motifs is 1. The van der Waals surface area contributed by atoms with Gasteiger partial charge in [-0.15, -0.1) is 0 Å². The zero-order chi connectivity index (χ0) is 10.8. The van der Waals surface area contributed by atoms with Crippen molar-refractivity contribution in [1.82, 2.24) is 0 Å². The van der Waals surface area contributed by atoms with Crippen molar-refractivity contribution in [3.63, 3.8) is 0 Å². The van der Waals surface area contributed by atoms with Crippen molar-refractivity contribution >= 4 is 5.97 Å². The number of benzene rings is 1. The zero-order valence-electron chi connectivity index (χ0n) is 8.40. The van der Waals surface area contributed by atoms with Gasteiger partial charge in [0.2, 0.25) is 0 Å². The number of carboxylic acids is 1. The Kier molecular flexibility index (Phi) is 2.49. The van der Waals surface area contributed by atoms with Crippen molar-refractivity contribution in [3.05, 3.63) is 23.8 Å². The van der Waals surface area contributed by atoms with Crippen LogP contribution in [0.2, 0.25) is 0 Å². The van der Waals surface area contributed by atoms with Gasteiger partial charge in [-0.3, -0.25) is 4.79 Å². The molecule has 1 unspecified atom stereocenters. The van der Waals surface area contributed by atoms with Crippen molar-refractivity contribution in [2.24, 2.45) is 0 Å². The summed E-state index contributed by atoms with van der Waals surface area (Å²) < 4.78 is 10.6. The van der Waals surface area contributed by atoms with Gasteiger partial charge in [-0.2, -0.15) is 0 Å². The molecule has 1 aliphatic rings. The average Bonchev–Trinajstić information content (AvgIpc) is 2.57. The van der Waals surface area contributed by atoms with E-state index in [0.717, 1.165) is 17.1 Å². The van der Waals surface area contributed by atoms with Gasteiger partial charge >= 0.3 is 5.97 Å². The fourth-order valence-electron chi connectivity index (χ4n) is 1.72. The molecule has 0 radical (unpaired) electrons. The Bertz CT molecular complexity index is 386. The van der Waals surface area contributed by atoms with Crippen LogP contribution >= 0.6 is 0 Å². The number of rotatable bonds is 3. The van der Waals surface area contributed by atoms with Crippen LogP contribution in [0.1, 0.15) is 12.0 Å². The van der Waals surface area contributed by atoms with Crippen LogP contribution in [0.5, 0.6) is 11.5 Å². The van der Waals surface area contributed by atoms with E-state index in [1.807, 2.05) is 12.1 Å². The number of carbonyl (C=O) groups is 1. The molecule has 1 heterocycles. The van der Waals surface area contributed by atoms with Crippen molar-refractivity contribution in [1.29, 1.82) is 0 Å². The highest BCUT2D eigenvalue weighted by molar-refractivity contribution is 5.67. The van der Waals surface area contributed by atoms with Crippen LogP contribution in [0.15, 0.2) is 18.2 Å². The second kappa shape index (κ2) is 3.81. The number of hydrogen-bond acceptors (Lipinski definition) is 3. The van der Waals surface area contributed by atoms with Gasteiger partial charge in [-0.05, 0) is 11.6 Å². The predicted molar refractivity (Wildman–Crippen MR) is 53.4 cm³/mol. The Balaban J connectivity index is 2.13. The molecule has 2 rings (SSSR count). The molecule has 0 amide bonds. The highest BCUT2D eigenvalue weighted by Crippen LogP contribution is 2.33. The first-order valence-electron chi connectivity index (χ1n) is 4.74. The Morgan fingerprint density at radius 2 is 2.47 bits per heavy atom. The summed E-state index contributed by atoms with van der Waals surface area (Å²) in [5.74, 6) is 0.630. The third-order valence-corrected chi connectivity index (χ3v) is 2.42. The summed E-state index contributed by atoms with van der Waals surface area (Å²) in [5, 5.41) is 8.65. The van der Waals surface area contributed by atoms with E-state index < -0.39 is 5.97 Å². The van der Waals surface area contributed by atoms with Crippen LogP contribution in [0.4, 0.5) is 0 Å². The number of aliphatic carboxylic acids is 1. The Labute approximate surface area is 87.4 Å². The summed E-state index contributed by atoms with van der Waals surface area (Å²) in [4.78, 5) is 10.5. The fraction of sp³-hybridized carbons (Fsp3) is 0.364. The van der Waals surface area contributed by atoms with Crippen molar-refractivity contribution in [3.8, 4) is 11.5 Å². The molecule has 0 bridgehead atoms. The number of hydrogen-bond donors (Lipinski definition) is 1. The van der Waals surface area contributed by atoms with Gasteiger partial charge in [-0.1, -0.05) is 6.07 Å². The molecule has 0 saturated carbocycles. The normalized spacial score (nSPS) is 18.1. The van der Waals surface area contributed by atoms with Gasteiger partial charge in [0.25, 0.3) is 0 Å². The lowest BCUT2D eigenvalue weighted by atomic mass is 10.1. The Hall–Kier alpha value is -1.71. The van der Waals surface area contributed by atoms with Gasteiger partial charge in [0, 0.05) is 12.5 Å². The standard InChI is InChI=1S/C11H12O4/c1-14-8-3-2-7-4-9(6-11(12)13)15-10(7)5-8/h2-3,5,9H,4,6H2,1H3,(H,12,13). The SMILES string of the molecule is COc1ccc2c(c1)OC(CC(=O)O)C2. The minimum absolute atomic E-state index is 0.0387. The third-order valence-electron chi connectivity index (χ3n) is 2.42. The van der Waals surface area contributed by atoms with E-state index in [4.69, 9.17) is 14.6 Å². The van der Waals surface area contributed by atoms with Crippen LogP contribution in [0.25, 0.3) is 0 Å². The molecule has 4 heteroatoms. The van der Waals surface area contributed by atoms with Crippen LogP contribution in [0, 0.1) is 0 Å². The molecule has 0 fully saturated rings. The van der Waals surface area contributed by atoms with Gasteiger partial charge < -0.3 is 14.6 Å². The third kappa shape index (κ3) is 2.03. The van der Waals surface area contributed by atoms with E-state index >= 15 is 0 Å². The highest BCUT2D eigenvalue weighted by Gasteiger charge is 2.25. The first-order valence-corrected chi connectivity index (χ1v) is 4.74. The molecule has 0 saturated heterocycles. The molecule has 4 nitrogen and oxygen atoms in total. The quantitative estimate of drug-likeness (QED) is 0.817. The first kappa shape index (κ1) is 9.83.